The molecule has 1 N–H and O–H groups in total. The van der Waals surface area contributed by atoms with Crippen molar-refractivity contribution < 1.29 is 9.53 Å². The molecular formula is C6H9NO2. The third-order valence-electron chi connectivity index (χ3n) is 1.29. The van der Waals surface area contributed by atoms with Crippen molar-refractivity contribution >= 4 is 6.47 Å². The Morgan fingerprint density at radius 3 is 3.11 bits per heavy atom. The number of hydrogen-bond acceptors (Lipinski definition) is 3. The molecule has 0 aromatic carbocycles. The molecule has 50 valence electrons. The van der Waals surface area contributed by atoms with Gasteiger partial charge in [0.1, 0.15) is 0 Å². The Morgan fingerprint density at radius 2 is 2.67 bits per heavy atom. The van der Waals surface area contributed by atoms with Crippen LogP contribution in [0.25, 0.3) is 0 Å². The van der Waals surface area contributed by atoms with E-state index < -0.39 is 0 Å². The fourth-order valence-corrected chi connectivity index (χ4v) is 0.846. The van der Waals surface area contributed by atoms with E-state index in [1.165, 1.54) is 0 Å². The Hall–Kier alpha value is -0.990. The molecule has 0 aromatic rings. The normalized spacial score (nSPS) is 25.3. The molecule has 1 rings (SSSR count). The van der Waals surface area contributed by atoms with Gasteiger partial charge < -0.3 is 10.1 Å². The zero-order valence-electron chi connectivity index (χ0n) is 5.09. The van der Waals surface area contributed by atoms with Gasteiger partial charge >= 0.3 is 0 Å². The second kappa shape index (κ2) is 2.53. The first kappa shape index (κ1) is 6.13. The zero-order chi connectivity index (χ0) is 6.69. The van der Waals surface area contributed by atoms with Gasteiger partial charge in [0.25, 0.3) is 6.47 Å². The van der Waals surface area contributed by atoms with Gasteiger partial charge in [0.05, 0.1) is 0 Å². The van der Waals surface area contributed by atoms with Crippen LogP contribution >= 0.6 is 0 Å². The third-order valence-corrected chi connectivity index (χ3v) is 1.29. The molecule has 0 aliphatic carbocycles. The third kappa shape index (κ3) is 1.45. The fourth-order valence-electron chi connectivity index (χ4n) is 0.846. The average Bonchev–Trinajstić information content (AvgIpc) is 2.17. The van der Waals surface area contributed by atoms with Gasteiger partial charge in [-0.1, -0.05) is 6.58 Å². The van der Waals surface area contributed by atoms with Crippen molar-refractivity contribution in [2.45, 2.75) is 19.1 Å². The molecule has 1 atom stereocenters. The summed E-state index contributed by atoms with van der Waals surface area (Å²) in [5.74, 6) is 0. The summed E-state index contributed by atoms with van der Waals surface area (Å²) in [5, 5.41) is 2.91. The summed E-state index contributed by atoms with van der Waals surface area (Å²) in [4.78, 5) is 9.78. The minimum absolute atomic E-state index is 0.130. The molecule has 1 heterocycles. The largest absolute Gasteiger partial charge is 0.444 e. The van der Waals surface area contributed by atoms with Gasteiger partial charge in [0.15, 0.2) is 6.23 Å². The molecule has 3 heteroatoms. The van der Waals surface area contributed by atoms with Crippen molar-refractivity contribution in [1.82, 2.24) is 5.32 Å². The number of rotatable bonds is 2. The molecule has 0 bridgehead atoms. The summed E-state index contributed by atoms with van der Waals surface area (Å²) in [5.41, 5.74) is 0.946. The van der Waals surface area contributed by atoms with Gasteiger partial charge in [-0.2, -0.15) is 0 Å². The van der Waals surface area contributed by atoms with Crippen LogP contribution in [0.2, 0.25) is 0 Å². The summed E-state index contributed by atoms with van der Waals surface area (Å²) in [6.45, 7) is 4.13. The van der Waals surface area contributed by atoms with Crippen LogP contribution in [0.4, 0.5) is 0 Å². The van der Waals surface area contributed by atoms with E-state index in [0.29, 0.717) is 6.47 Å². The van der Waals surface area contributed by atoms with Gasteiger partial charge in [0, 0.05) is 12.1 Å². The lowest BCUT2D eigenvalue weighted by Crippen LogP contribution is -2.22. The van der Waals surface area contributed by atoms with Crippen molar-refractivity contribution in [2.75, 3.05) is 0 Å². The van der Waals surface area contributed by atoms with E-state index in [1.807, 2.05) is 0 Å². The van der Waals surface area contributed by atoms with E-state index in [2.05, 4.69) is 16.6 Å². The number of carbonyl (C=O) groups is 1. The topological polar surface area (TPSA) is 38.3 Å². The van der Waals surface area contributed by atoms with Crippen LogP contribution in [-0.4, -0.2) is 12.7 Å². The number of ether oxygens (including phenoxy) is 1. The Kier molecular flexibility index (Phi) is 1.72. The van der Waals surface area contributed by atoms with Crippen LogP contribution in [0.1, 0.15) is 12.8 Å². The molecular weight excluding hydrogens is 118 g/mol. The smallest absolute Gasteiger partial charge is 0.294 e. The van der Waals surface area contributed by atoms with Crippen LogP contribution in [0.3, 0.4) is 0 Å². The molecule has 1 aliphatic heterocycles. The first-order chi connectivity index (χ1) is 4.33. The SMILES string of the molecule is C=C1CC[C@@H](OC=O)N1. The predicted octanol–water partition coefficient (Wildman–Crippen LogP) is 0.383. The number of allylic oxidation sites excluding steroid dienone is 1. The second-order valence-corrected chi connectivity index (χ2v) is 2.01. The number of carbonyl (C=O) groups excluding carboxylic acids is 1. The highest BCUT2D eigenvalue weighted by Gasteiger charge is 2.16. The minimum atomic E-state index is -0.130. The van der Waals surface area contributed by atoms with Gasteiger partial charge in [0.2, 0.25) is 0 Å². The Morgan fingerprint density at radius 1 is 1.89 bits per heavy atom. The first-order valence-electron chi connectivity index (χ1n) is 2.86. The Labute approximate surface area is 53.7 Å². The molecule has 0 aromatic heterocycles. The van der Waals surface area contributed by atoms with Crippen molar-refractivity contribution in [3.05, 3.63) is 12.3 Å². The minimum Gasteiger partial charge on any atom is -0.444 e. The molecule has 0 amide bonds. The monoisotopic (exact) mass is 127 g/mol. The molecule has 0 radical (unpaired) electrons. The van der Waals surface area contributed by atoms with Crippen molar-refractivity contribution in [2.24, 2.45) is 0 Å². The average molecular weight is 127 g/mol. The van der Waals surface area contributed by atoms with Gasteiger partial charge in [-0.05, 0) is 6.42 Å². The summed E-state index contributed by atoms with van der Waals surface area (Å²) in [7, 11) is 0. The number of hydrogen-bond donors (Lipinski definition) is 1. The zero-order valence-corrected chi connectivity index (χ0v) is 5.09. The second-order valence-electron chi connectivity index (χ2n) is 2.01. The summed E-state index contributed by atoms with van der Waals surface area (Å²) >= 11 is 0. The first-order valence-corrected chi connectivity index (χ1v) is 2.86. The summed E-state index contributed by atoms with van der Waals surface area (Å²) in [6, 6.07) is 0. The highest BCUT2D eigenvalue weighted by Crippen LogP contribution is 2.13. The van der Waals surface area contributed by atoms with Crippen molar-refractivity contribution in [3.8, 4) is 0 Å². The number of nitrogens with one attached hydrogen (secondary N) is 1. The summed E-state index contributed by atoms with van der Waals surface area (Å²) in [6.07, 6.45) is 1.62. The molecule has 3 nitrogen and oxygen atoms in total. The highest BCUT2D eigenvalue weighted by molar-refractivity contribution is 5.37. The van der Waals surface area contributed by atoms with Gasteiger partial charge in [-0.25, -0.2) is 0 Å². The molecule has 0 spiro atoms. The van der Waals surface area contributed by atoms with E-state index in [1.54, 1.807) is 0 Å². The van der Waals surface area contributed by atoms with E-state index in [9.17, 15) is 4.79 Å². The van der Waals surface area contributed by atoms with Gasteiger partial charge in [-0.3, -0.25) is 4.79 Å². The van der Waals surface area contributed by atoms with E-state index >= 15 is 0 Å². The lowest BCUT2D eigenvalue weighted by Gasteiger charge is -2.06. The van der Waals surface area contributed by atoms with Crippen LogP contribution in [0.5, 0.6) is 0 Å². The standard InChI is InChI=1S/C6H9NO2/c1-5-2-3-6(7-5)9-4-8/h4,6-7H,1-3H2/t6-/m1/s1. The fraction of sp³-hybridized carbons (Fsp3) is 0.500. The van der Waals surface area contributed by atoms with Gasteiger partial charge in [-0.15, -0.1) is 0 Å². The van der Waals surface area contributed by atoms with Crippen LogP contribution in [0.15, 0.2) is 12.3 Å². The molecule has 9 heavy (non-hydrogen) atoms. The van der Waals surface area contributed by atoms with Crippen molar-refractivity contribution in [3.63, 3.8) is 0 Å². The highest BCUT2D eigenvalue weighted by atomic mass is 16.5. The molecule has 0 unspecified atom stereocenters. The van der Waals surface area contributed by atoms with E-state index in [4.69, 9.17) is 0 Å². The quantitative estimate of drug-likeness (QED) is 0.545. The lowest BCUT2D eigenvalue weighted by atomic mass is 10.3. The Balaban J connectivity index is 2.29. The summed E-state index contributed by atoms with van der Waals surface area (Å²) < 4.78 is 4.62. The van der Waals surface area contributed by atoms with E-state index in [0.717, 1.165) is 18.5 Å². The molecule has 1 aliphatic rings. The van der Waals surface area contributed by atoms with Crippen molar-refractivity contribution in [1.29, 1.82) is 0 Å². The predicted molar refractivity (Wildman–Crippen MR) is 32.4 cm³/mol. The maximum Gasteiger partial charge on any atom is 0.294 e. The van der Waals surface area contributed by atoms with Crippen LogP contribution in [-0.2, 0) is 9.53 Å². The molecule has 0 saturated carbocycles. The van der Waals surface area contributed by atoms with Crippen LogP contribution < -0.4 is 5.32 Å². The van der Waals surface area contributed by atoms with E-state index in [-0.39, 0.29) is 6.23 Å². The molecule has 1 saturated heterocycles. The maximum absolute atomic E-state index is 9.78. The lowest BCUT2D eigenvalue weighted by molar-refractivity contribution is -0.134. The Bertz CT molecular complexity index is 133. The maximum atomic E-state index is 9.78. The molecule has 1 fully saturated rings. The van der Waals surface area contributed by atoms with Crippen LogP contribution in [0, 0.1) is 0 Å².